The van der Waals surface area contributed by atoms with Gasteiger partial charge in [-0.15, -0.1) is 0 Å². The number of hydrogen-bond donors (Lipinski definition) is 1. The smallest absolute Gasteiger partial charge is 0.303 e. The van der Waals surface area contributed by atoms with Crippen LogP contribution in [0, 0.1) is 0 Å². The quantitative estimate of drug-likeness (QED) is 0.444. The van der Waals surface area contributed by atoms with E-state index in [0.717, 1.165) is 27.7 Å². The molecule has 11 nitrogen and oxygen atoms in total. The van der Waals surface area contributed by atoms with Gasteiger partial charge in [-0.25, -0.2) is 0 Å². The minimum absolute atomic E-state index is 0.543. The fourth-order valence-corrected chi connectivity index (χ4v) is 3.14. The Morgan fingerprint density at radius 3 is 1.14 bits per heavy atom. The Morgan fingerprint density at radius 2 is 0.893 bits per heavy atom. The minimum Gasteiger partial charge on any atom is -0.456 e. The van der Waals surface area contributed by atoms with Crippen LogP contribution in [0.15, 0.2) is 0 Å². The van der Waals surface area contributed by atoms with Crippen LogP contribution in [-0.2, 0) is 47.7 Å². The van der Waals surface area contributed by atoms with Crippen molar-refractivity contribution in [3.8, 4) is 0 Å². The Balaban J connectivity index is 3.54. The molecule has 0 aromatic rings. The first-order valence-corrected chi connectivity index (χ1v) is 8.46. The summed E-state index contributed by atoms with van der Waals surface area (Å²) in [5.41, 5.74) is 0. The van der Waals surface area contributed by atoms with Crippen LogP contribution in [0.1, 0.15) is 34.6 Å². The molecule has 0 aromatic heterocycles. The van der Waals surface area contributed by atoms with Crippen molar-refractivity contribution in [2.24, 2.45) is 0 Å². The number of methoxy groups -OCH3 is 1. The first-order valence-electron chi connectivity index (χ1n) is 8.46. The van der Waals surface area contributed by atoms with Gasteiger partial charge in [-0.2, -0.15) is 0 Å². The topological polar surface area (TPSA) is 144 Å². The molecule has 0 saturated heterocycles. The van der Waals surface area contributed by atoms with Gasteiger partial charge in [0.2, 0.25) is 5.91 Å². The summed E-state index contributed by atoms with van der Waals surface area (Å²) in [4.78, 5) is 58.3. The molecule has 0 heterocycles. The minimum atomic E-state index is -1.27. The van der Waals surface area contributed by atoms with E-state index >= 15 is 0 Å². The van der Waals surface area contributed by atoms with E-state index in [1.165, 1.54) is 14.0 Å². The van der Waals surface area contributed by atoms with E-state index in [0.29, 0.717) is 0 Å². The summed E-state index contributed by atoms with van der Waals surface area (Å²) in [6.07, 6.45) is -6.19. The van der Waals surface area contributed by atoms with E-state index in [2.05, 4.69) is 5.32 Å². The Kier molecular flexibility index (Phi) is 8.35. The van der Waals surface area contributed by atoms with Gasteiger partial charge in [0.05, 0.1) is 0 Å². The van der Waals surface area contributed by atoms with Crippen LogP contribution in [0.25, 0.3) is 0 Å². The molecule has 11 heteroatoms. The number of amides is 1. The van der Waals surface area contributed by atoms with E-state index in [1.807, 2.05) is 0 Å². The van der Waals surface area contributed by atoms with E-state index < -0.39 is 66.3 Å². The Bertz CT molecular complexity index is 589. The molecule has 1 amide bonds. The van der Waals surface area contributed by atoms with Crippen molar-refractivity contribution < 1.29 is 47.7 Å². The van der Waals surface area contributed by atoms with E-state index in [4.69, 9.17) is 23.7 Å². The molecule has 0 bridgehead atoms. The number of esters is 4. The lowest BCUT2D eigenvalue weighted by molar-refractivity contribution is -0.235. The zero-order chi connectivity index (χ0) is 21.6. The van der Waals surface area contributed by atoms with Gasteiger partial charge in [-0.05, 0) is 0 Å². The predicted molar refractivity (Wildman–Crippen MR) is 90.6 cm³/mol. The van der Waals surface area contributed by atoms with Crippen LogP contribution < -0.4 is 5.32 Å². The van der Waals surface area contributed by atoms with Gasteiger partial charge in [0.15, 0.2) is 24.4 Å². The Hall–Kier alpha value is -2.69. The van der Waals surface area contributed by atoms with Crippen LogP contribution >= 0.6 is 0 Å². The lowest BCUT2D eigenvalue weighted by Gasteiger charge is -2.47. The van der Waals surface area contributed by atoms with Gasteiger partial charge in [-0.1, -0.05) is 0 Å². The SMILES string of the molecule is COC1C(OC(C)=O)C(OC(C)=O)C(NC(C)=O)C(OC(C)=O)C1OC(C)=O. The fraction of sp³-hybridized carbons (Fsp3) is 0.706. The number of carbonyl (C=O) groups excluding carboxylic acids is 5. The second-order valence-electron chi connectivity index (χ2n) is 6.22. The number of ether oxygens (including phenoxy) is 5. The van der Waals surface area contributed by atoms with Crippen molar-refractivity contribution in [3.05, 3.63) is 0 Å². The third kappa shape index (κ3) is 6.19. The molecule has 1 rings (SSSR count). The van der Waals surface area contributed by atoms with Crippen molar-refractivity contribution in [1.29, 1.82) is 0 Å². The first-order chi connectivity index (χ1) is 13.0. The Labute approximate surface area is 161 Å². The maximum Gasteiger partial charge on any atom is 0.303 e. The average Bonchev–Trinajstić information content (AvgIpc) is 2.52. The molecular formula is C17H25NO10. The van der Waals surface area contributed by atoms with E-state index in [-0.39, 0.29) is 0 Å². The molecule has 1 aliphatic rings. The van der Waals surface area contributed by atoms with Crippen LogP contribution in [0.3, 0.4) is 0 Å². The van der Waals surface area contributed by atoms with Gasteiger partial charge in [0.25, 0.3) is 0 Å². The Morgan fingerprint density at radius 1 is 0.571 bits per heavy atom. The monoisotopic (exact) mass is 403 g/mol. The molecule has 1 fully saturated rings. The van der Waals surface area contributed by atoms with Crippen LogP contribution in [0.5, 0.6) is 0 Å². The van der Waals surface area contributed by atoms with Gasteiger partial charge >= 0.3 is 23.9 Å². The lowest BCUT2D eigenvalue weighted by Crippen LogP contribution is -2.71. The van der Waals surface area contributed by atoms with Crippen LogP contribution in [-0.4, -0.2) is 73.5 Å². The standard InChI is InChI=1S/C17H25NO10/c1-7(19)18-12-13(25-8(2)20)16(27-10(4)22)15(24-6)17(28-11(5)23)14(12)26-9(3)21/h12-17H,1-6H3,(H,18,19). The van der Waals surface area contributed by atoms with Crippen LogP contribution in [0.2, 0.25) is 0 Å². The summed E-state index contributed by atoms with van der Waals surface area (Å²) < 4.78 is 26.4. The highest BCUT2D eigenvalue weighted by atomic mass is 16.6. The maximum absolute atomic E-state index is 11.7. The lowest BCUT2D eigenvalue weighted by atomic mass is 9.82. The maximum atomic E-state index is 11.7. The molecule has 0 spiro atoms. The summed E-state index contributed by atoms with van der Waals surface area (Å²) in [6, 6.07) is -1.18. The number of rotatable bonds is 6. The zero-order valence-electron chi connectivity index (χ0n) is 16.5. The van der Waals surface area contributed by atoms with Crippen molar-refractivity contribution in [2.75, 3.05) is 7.11 Å². The van der Waals surface area contributed by atoms with E-state index in [1.54, 1.807) is 0 Å². The molecule has 4 unspecified atom stereocenters. The van der Waals surface area contributed by atoms with Crippen molar-refractivity contribution >= 4 is 29.8 Å². The highest BCUT2D eigenvalue weighted by molar-refractivity contribution is 5.74. The first kappa shape index (κ1) is 23.3. The molecule has 158 valence electrons. The third-order valence-corrected chi connectivity index (χ3v) is 3.85. The van der Waals surface area contributed by atoms with Gasteiger partial charge in [0.1, 0.15) is 12.1 Å². The van der Waals surface area contributed by atoms with Crippen molar-refractivity contribution in [2.45, 2.75) is 71.2 Å². The summed E-state index contributed by atoms with van der Waals surface area (Å²) in [5, 5.41) is 2.51. The highest BCUT2D eigenvalue weighted by Gasteiger charge is 2.58. The second kappa shape index (κ2) is 10.0. The zero-order valence-corrected chi connectivity index (χ0v) is 16.5. The largest absolute Gasteiger partial charge is 0.456 e. The molecular weight excluding hydrogens is 378 g/mol. The van der Waals surface area contributed by atoms with Crippen molar-refractivity contribution in [1.82, 2.24) is 5.32 Å². The summed E-state index contributed by atoms with van der Waals surface area (Å²) >= 11 is 0. The number of hydrogen-bond acceptors (Lipinski definition) is 10. The number of nitrogens with one attached hydrogen (secondary N) is 1. The van der Waals surface area contributed by atoms with Crippen molar-refractivity contribution in [3.63, 3.8) is 0 Å². The molecule has 28 heavy (non-hydrogen) atoms. The predicted octanol–water partition coefficient (Wildman–Crippen LogP) is -0.753. The number of carbonyl (C=O) groups is 5. The van der Waals surface area contributed by atoms with Gasteiger partial charge in [-0.3, -0.25) is 24.0 Å². The molecule has 1 N–H and O–H groups in total. The van der Waals surface area contributed by atoms with Gasteiger partial charge < -0.3 is 29.0 Å². The third-order valence-electron chi connectivity index (χ3n) is 3.85. The molecule has 0 aromatic carbocycles. The summed E-state index contributed by atoms with van der Waals surface area (Å²) in [7, 11) is 1.26. The fourth-order valence-electron chi connectivity index (χ4n) is 3.14. The molecule has 4 atom stereocenters. The molecule has 0 radical (unpaired) electrons. The van der Waals surface area contributed by atoms with E-state index in [9.17, 15) is 24.0 Å². The highest BCUT2D eigenvalue weighted by Crippen LogP contribution is 2.32. The molecule has 1 aliphatic carbocycles. The summed E-state index contributed by atoms with van der Waals surface area (Å²) in [5.74, 6) is -3.46. The van der Waals surface area contributed by atoms with Crippen LogP contribution in [0.4, 0.5) is 0 Å². The average molecular weight is 403 g/mol. The normalized spacial score (nSPS) is 29.2. The molecule has 0 aliphatic heterocycles. The second-order valence-corrected chi connectivity index (χ2v) is 6.22. The summed E-state index contributed by atoms with van der Waals surface area (Å²) in [6.45, 7) is 5.69. The molecule has 1 saturated carbocycles. The van der Waals surface area contributed by atoms with Gasteiger partial charge in [0, 0.05) is 41.7 Å².